The summed E-state index contributed by atoms with van der Waals surface area (Å²) in [6.07, 6.45) is -0.665. The van der Waals surface area contributed by atoms with Gasteiger partial charge in [-0.3, -0.25) is 20.2 Å². The second-order valence-electron chi connectivity index (χ2n) is 3.99. The van der Waals surface area contributed by atoms with Gasteiger partial charge in [0, 0.05) is 12.1 Å². The molecule has 1 heterocycles. The third kappa shape index (κ3) is 3.49. The van der Waals surface area contributed by atoms with Gasteiger partial charge in [-0.05, 0) is 6.07 Å². The second kappa shape index (κ2) is 6.24. The third-order valence-electron chi connectivity index (χ3n) is 2.65. The average Bonchev–Trinajstić information content (AvgIpc) is 2.97. The third-order valence-corrected chi connectivity index (χ3v) is 2.65. The Kier molecular flexibility index (Phi) is 4.40. The van der Waals surface area contributed by atoms with E-state index in [-0.39, 0.29) is 12.2 Å². The van der Waals surface area contributed by atoms with E-state index in [9.17, 15) is 25.0 Å². The number of benzene rings is 1. The lowest BCUT2D eigenvalue weighted by atomic mass is 10.2. The van der Waals surface area contributed by atoms with Crippen molar-refractivity contribution >= 4 is 17.3 Å². The van der Waals surface area contributed by atoms with E-state index < -0.39 is 33.5 Å². The van der Waals surface area contributed by atoms with E-state index in [4.69, 9.17) is 14.2 Å². The molecule has 0 unspecified atom stereocenters. The molecule has 10 heteroatoms. The first kappa shape index (κ1) is 14.8. The van der Waals surface area contributed by atoms with Crippen LogP contribution in [0.3, 0.4) is 0 Å². The average molecular weight is 298 g/mol. The zero-order valence-corrected chi connectivity index (χ0v) is 10.6. The van der Waals surface area contributed by atoms with Crippen LogP contribution in [0.1, 0.15) is 10.4 Å². The molecule has 1 aliphatic heterocycles. The summed E-state index contributed by atoms with van der Waals surface area (Å²) < 4.78 is 15.0. The maximum Gasteiger partial charge on any atom is 0.346 e. The molecule has 0 aliphatic carbocycles. The molecule has 112 valence electrons. The van der Waals surface area contributed by atoms with Gasteiger partial charge in [-0.1, -0.05) is 0 Å². The number of hydrogen-bond donors (Lipinski definition) is 0. The van der Waals surface area contributed by atoms with Crippen LogP contribution in [0.25, 0.3) is 0 Å². The molecule has 0 radical (unpaired) electrons. The largest absolute Gasteiger partial charge is 0.457 e. The molecule has 1 fully saturated rings. The predicted octanol–water partition coefficient (Wildman–Crippen LogP) is 1.03. The normalized spacial score (nSPS) is 14.9. The molecule has 0 saturated carbocycles. The number of carbonyl (C=O) groups is 1. The Morgan fingerprint density at radius 3 is 2.38 bits per heavy atom. The van der Waals surface area contributed by atoms with Gasteiger partial charge in [-0.2, -0.15) is 0 Å². The van der Waals surface area contributed by atoms with Crippen LogP contribution in [-0.4, -0.2) is 41.9 Å². The van der Waals surface area contributed by atoms with E-state index in [1.54, 1.807) is 0 Å². The van der Waals surface area contributed by atoms with Crippen molar-refractivity contribution in [2.75, 3.05) is 19.8 Å². The highest BCUT2D eigenvalue weighted by Gasteiger charge is 2.26. The number of ether oxygens (including phenoxy) is 3. The minimum Gasteiger partial charge on any atom is -0.457 e. The van der Waals surface area contributed by atoms with Gasteiger partial charge >= 0.3 is 17.3 Å². The maximum absolute atomic E-state index is 11.7. The van der Waals surface area contributed by atoms with Gasteiger partial charge in [0.05, 0.1) is 28.6 Å². The molecule has 2 rings (SSSR count). The van der Waals surface area contributed by atoms with Gasteiger partial charge < -0.3 is 14.2 Å². The van der Waals surface area contributed by atoms with Crippen LogP contribution >= 0.6 is 0 Å². The lowest BCUT2D eigenvalue weighted by Gasteiger charge is -2.09. The van der Waals surface area contributed by atoms with Crippen molar-refractivity contribution in [3.63, 3.8) is 0 Å². The molecular weight excluding hydrogens is 288 g/mol. The van der Waals surface area contributed by atoms with Gasteiger partial charge in [-0.15, -0.1) is 0 Å². The van der Waals surface area contributed by atoms with Crippen molar-refractivity contribution in [3.8, 4) is 0 Å². The first-order chi connectivity index (χ1) is 9.99. The molecule has 21 heavy (non-hydrogen) atoms. The molecule has 0 spiro atoms. The van der Waals surface area contributed by atoms with Crippen molar-refractivity contribution in [2.24, 2.45) is 0 Å². The smallest absolute Gasteiger partial charge is 0.346 e. The molecule has 1 aromatic carbocycles. The van der Waals surface area contributed by atoms with E-state index in [2.05, 4.69) is 0 Å². The molecule has 0 bridgehead atoms. The number of esters is 1. The summed E-state index contributed by atoms with van der Waals surface area (Å²) in [7, 11) is 0. The highest BCUT2D eigenvalue weighted by Crippen LogP contribution is 2.27. The van der Waals surface area contributed by atoms with Crippen LogP contribution in [0.15, 0.2) is 18.2 Å². The molecule has 0 amide bonds. The molecule has 0 N–H and O–H groups in total. The predicted molar refractivity (Wildman–Crippen MR) is 65.7 cm³/mol. The van der Waals surface area contributed by atoms with Crippen LogP contribution < -0.4 is 0 Å². The Hall–Kier alpha value is -2.59. The molecule has 1 aliphatic rings. The minimum atomic E-state index is -0.932. The lowest BCUT2D eigenvalue weighted by molar-refractivity contribution is -0.422. The number of carbonyl (C=O) groups excluding carboxylic acids is 1. The van der Waals surface area contributed by atoms with Crippen molar-refractivity contribution in [1.29, 1.82) is 0 Å². The molecule has 0 aromatic heterocycles. The van der Waals surface area contributed by atoms with Gasteiger partial charge in [0.2, 0.25) is 0 Å². The van der Waals surface area contributed by atoms with Crippen molar-refractivity contribution in [3.05, 3.63) is 44.0 Å². The van der Waals surface area contributed by atoms with Crippen LogP contribution in [0, 0.1) is 20.2 Å². The van der Waals surface area contributed by atoms with E-state index >= 15 is 0 Å². The number of nitro groups is 2. The molecular formula is C11H10N2O8. The summed E-state index contributed by atoms with van der Waals surface area (Å²) in [5.41, 5.74) is -1.63. The summed E-state index contributed by atoms with van der Waals surface area (Å²) >= 11 is 0. The number of hydrogen-bond acceptors (Lipinski definition) is 8. The SMILES string of the molecule is O=C(OCC1OCCO1)c1ccc([N+](=O)[O-])c([N+](=O)[O-])c1. The molecule has 1 aromatic rings. The highest BCUT2D eigenvalue weighted by atomic mass is 16.7. The van der Waals surface area contributed by atoms with Gasteiger partial charge in [-0.25, -0.2) is 4.79 Å². The van der Waals surface area contributed by atoms with E-state index in [1.165, 1.54) is 0 Å². The fourth-order valence-electron chi connectivity index (χ4n) is 1.68. The zero-order valence-electron chi connectivity index (χ0n) is 10.6. The Balaban J connectivity index is 2.11. The Morgan fingerprint density at radius 2 is 1.81 bits per heavy atom. The highest BCUT2D eigenvalue weighted by molar-refractivity contribution is 5.90. The molecule has 0 atom stereocenters. The van der Waals surface area contributed by atoms with Crippen molar-refractivity contribution in [2.45, 2.75) is 6.29 Å². The van der Waals surface area contributed by atoms with Crippen molar-refractivity contribution in [1.82, 2.24) is 0 Å². The van der Waals surface area contributed by atoms with Crippen LogP contribution in [-0.2, 0) is 14.2 Å². The monoisotopic (exact) mass is 298 g/mol. The van der Waals surface area contributed by atoms with Crippen LogP contribution in [0.5, 0.6) is 0 Å². The minimum absolute atomic E-state index is 0.162. The van der Waals surface area contributed by atoms with Crippen molar-refractivity contribution < 1.29 is 28.9 Å². The number of rotatable bonds is 5. The maximum atomic E-state index is 11.7. The first-order valence-corrected chi connectivity index (χ1v) is 5.82. The summed E-state index contributed by atoms with van der Waals surface area (Å²) in [6, 6.07) is 2.78. The van der Waals surface area contributed by atoms with E-state index in [0.717, 1.165) is 18.2 Å². The standard InChI is InChI=1S/C11H10N2O8/c14-11(21-6-10-19-3-4-20-10)7-1-2-8(12(15)16)9(5-7)13(17)18/h1-2,5,10H,3-4,6H2. The first-order valence-electron chi connectivity index (χ1n) is 5.82. The van der Waals surface area contributed by atoms with E-state index in [0.29, 0.717) is 13.2 Å². The number of nitro benzene ring substituents is 2. The fourth-order valence-corrected chi connectivity index (χ4v) is 1.68. The summed E-state index contributed by atoms with van der Waals surface area (Å²) in [4.78, 5) is 31.3. The number of nitrogens with zero attached hydrogens (tertiary/aromatic N) is 2. The Bertz CT molecular complexity index is 582. The molecule has 1 saturated heterocycles. The Morgan fingerprint density at radius 1 is 1.19 bits per heavy atom. The zero-order chi connectivity index (χ0) is 15.4. The summed E-state index contributed by atoms with van der Waals surface area (Å²) in [5.74, 6) is -0.855. The van der Waals surface area contributed by atoms with Gasteiger partial charge in [0.1, 0.15) is 6.61 Å². The van der Waals surface area contributed by atoms with Crippen LogP contribution in [0.2, 0.25) is 0 Å². The summed E-state index contributed by atoms with van der Waals surface area (Å²) in [6.45, 7) is 0.625. The topological polar surface area (TPSA) is 131 Å². The molecule has 10 nitrogen and oxygen atoms in total. The van der Waals surface area contributed by atoms with E-state index in [1.807, 2.05) is 0 Å². The van der Waals surface area contributed by atoms with Gasteiger partial charge in [0.25, 0.3) is 0 Å². The quantitative estimate of drug-likeness (QED) is 0.447. The van der Waals surface area contributed by atoms with Gasteiger partial charge in [0.15, 0.2) is 6.29 Å². The fraction of sp³-hybridized carbons (Fsp3) is 0.364. The lowest BCUT2D eigenvalue weighted by Crippen LogP contribution is -2.19. The Labute approximate surface area is 117 Å². The summed E-state index contributed by atoms with van der Waals surface area (Å²) in [5, 5.41) is 21.4. The van der Waals surface area contributed by atoms with Crippen LogP contribution in [0.4, 0.5) is 11.4 Å². The second-order valence-corrected chi connectivity index (χ2v) is 3.99.